The summed E-state index contributed by atoms with van der Waals surface area (Å²) in [5, 5.41) is 29.3. The molecule has 0 amide bonds. The lowest BCUT2D eigenvalue weighted by Gasteiger charge is -2.36. The largest absolute Gasteiger partial charge is 0.321 e. The smallest absolute Gasteiger partial charge is 0.275 e. The Hall–Kier alpha value is -2.44. The molecule has 0 spiro atoms. The predicted octanol–water partition coefficient (Wildman–Crippen LogP) is 6.71. The SMILES string of the molecule is CCCCCCc1cn(Cc2ccc([N+](=O)[O-])c(C(C)OP(OCCC#N)N(C(C)C)C(C)C)c2)nn1. The van der Waals surface area contributed by atoms with Gasteiger partial charge in [-0.3, -0.25) is 10.1 Å². The summed E-state index contributed by atoms with van der Waals surface area (Å²) >= 11 is 0. The van der Waals surface area contributed by atoms with E-state index in [1.165, 1.54) is 25.3 Å². The highest BCUT2D eigenvalue weighted by Gasteiger charge is 2.31. The van der Waals surface area contributed by atoms with Gasteiger partial charge in [-0.25, -0.2) is 9.35 Å². The van der Waals surface area contributed by atoms with Crippen molar-refractivity contribution in [1.82, 2.24) is 19.7 Å². The van der Waals surface area contributed by atoms with Gasteiger partial charge >= 0.3 is 0 Å². The van der Waals surface area contributed by atoms with Crippen LogP contribution in [0, 0.1) is 21.4 Å². The quantitative estimate of drug-likeness (QED) is 0.0954. The minimum Gasteiger partial charge on any atom is -0.321 e. The first kappa shape index (κ1) is 30.8. The van der Waals surface area contributed by atoms with Crippen LogP contribution in [0.2, 0.25) is 0 Å². The summed E-state index contributed by atoms with van der Waals surface area (Å²) in [5.41, 5.74) is 2.31. The van der Waals surface area contributed by atoms with Crippen molar-refractivity contribution in [2.45, 2.75) is 105 Å². The van der Waals surface area contributed by atoms with E-state index in [1.54, 1.807) is 17.7 Å². The fourth-order valence-corrected chi connectivity index (χ4v) is 5.82. The number of nitro benzene ring substituents is 1. The molecule has 0 N–H and O–H groups in total. The summed E-state index contributed by atoms with van der Waals surface area (Å²) in [7, 11) is -1.54. The van der Waals surface area contributed by atoms with Crippen LogP contribution < -0.4 is 0 Å². The minimum atomic E-state index is -1.54. The number of unbranched alkanes of at least 4 members (excludes halogenated alkanes) is 3. The molecule has 0 fully saturated rings. The highest BCUT2D eigenvalue weighted by molar-refractivity contribution is 7.44. The van der Waals surface area contributed by atoms with Crippen LogP contribution in [0.5, 0.6) is 0 Å². The molecule has 37 heavy (non-hydrogen) atoms. The van der Waals surface area contributed by atoms with Crippen molar-refractivity contribution in [2.24, 2.45) is 0 Å². The summed E-state index contributed by atoms with van der Waals surface area (Å²) in [6.07, 6.45) is 7.17. The van der Waals surface area contributed by atoms with Gasteiger partial charge in [0.2, 0.25) is 0 Å². The first-order valence-corrected chi connectivity index (χ1v) is 14.2. The minimum absolute atomic E-state index is 0.000859. The third-order valence-corrected chi connectivity index (χ3v) is 8.06. The van der Waals surface area contributed by atoms with Crippen LogP contribution in [-0.4, -0.2) is 43.3 Å². The lowest BCUT2D eigenvalue weighted by atomic mass is 10.0. The summed E-state index contributed by atoms with van der Waals surface area (Å²) in [4.78, 5) is 11.5. The Morgan fingerprint density at radius 2 is 1.92 bits per heavy atom. The van der Waals surface area contributed by atoms with Crippen molar-refractivity contribution in [2.75, 3.05) is 6.61 Å². The normalized spacial score (nSPS) is 13.3. The van der Waals surface area contributed by atoms with E-state index in [2.05, 4.69) is 55.7 Å². The van der Waals surface area contributed by atoms with Crippen LogP contribution in [0.3, 0.4) is 0 Å². The second-order valence-corrected chi connectivity index (χ2v) is 11.1. The summed E-state index contributed by atoms with van der Waals surface area (Å²) in [5.74, 6) is 0. The maximum Gasteiger partial charge on any atom is 0.275 e. The van der Waals surface area contributed by atoms with Crippen molar-refractivity contribution >= 4 is 14.2 Å². The van der Waals surface area contributed by atoms with E-state index in [4.69, 9.17) is 14.3 Å². The molecule has 0 saturated carbocycles. The van der Waals surface area contributed by atoms with E-state index in [0.29, 0.717) is 12.1 Å². The molecule has 1 heterocycles. The average Bonchev–Trinajstić information content (AvgIpc) is 3.28. The lowest BCUT2D eigenvalue weighted by molar-refractivity contribution is -0.386. The molecule has 11 heteroatoms. The van der Waals surface area contributed by atoms with Gasteiger partial charge in [0.1, 0.15) is 0 Å². The van der Waals surface area contributed by atoms with Gasteiger partial charge in [-0.05, 0) is 59.1 Å². The molecule has 0 aliphatic rings. The molecule has 2 atom stereocenters. The number of nitriles is 1. The molecule has 2 rings (SSSR count). The van der Waals surface area contributed by atoms with Crippen LogP contribution in [0.1, 0.15) is 96.6 Å². The van der Waals surface area contributed by atoms with Crippen LogP contribution in [0.4, 0.5) is 5.69 Å². The zero-order chi connectivity index (χ0) is 27.4. The number of hydrogen-bond acceptors (Lipinski definition) is 8. The lowest BCUT2D eigenvalue weighted by Crippen LogP contribution is -2.34. The molecule has 1 aromatic carbocycles. The monoisotopic (exact) mass is 532 g/mol. The molecule has 204 valence electrons. The molecule has 0 radical (unpaired) electrons. The highest BCUT2D eigenvalue weighted by Crippen LogP contribution is 2.50. The molecule has 0 aliphatic heterocycles. The number of aryl methyl sites for hydroxylation is 1. The van der Waals surface area contributed by atoms with E-state index >= 15 is 0 Å². The molecular weight excluding hydrogens is 491 g/mol. The molecule has 1 aromatic heterocycles. The van der Waals surface area contributed by atoms with Crippen molar-refractivity contribution < 1.29 is 14.0 Å². The maximum absolute atomic E-state index is 11.8. The zero-order valence-electron chi connectivity index (χ0n) is 23.0. The highest BCUT2D eigenvalue weighted by atomic mass is 31.2. The maximum atomic E-state index is 11.8. The Morgan fingerprint density at radius 1 is 1.19 bits per heavy atom. The molecular formula is C26H41N6O4P. The van der Waals surface area contributed by atoms with Crippen molar-refractivity contribution in [1.29, 1.82) is 5.26 Å². The number of benzene rings is 1. The second kappa shape index (κ2) is 15.7. The van der Waals surface area contributed by atoms with E-state index in [-0.39, 0.29) is 35.7 Å². The summed E-state index contributed by atoms with van der Waals surface area (Å²) in [6.45, 7) is 12.9. The predicted molar refractivity (Wildman–Crippen MR) is 145 cm³/mol. The first-order valence-electron chi connectivity index (χ1n) is 13.1. The Morgan fingerprint density at radius 3 is 2.54 bits per heavy atom. The number of nitro groups is 1. The van der Waals surface area contributed by atoms with Crippen LogP contribution in [0.25, 0.3) is 0 Å². The van der Waals surface area contributed by atoms with Crippen molar-refractivity contribution in [3.05, 3.63) is 51.3 Å². The third kappa shape index (κ3) is 9.75. The Bertz CT molecular complexity index is 1010. The molecule has 0 aliphatic carbocycles. The first-order chi connectivity index (χ1) is 17.7. The summed E-state index contributed by atoms with van der Waals surface area (Å²) < 4.78 is 16.2. The van der Waals surface area contributed by atoms with E-state index in [1.807, 2.05) is 12.3 Å². The second-order valence-electron chi connectivity index (χ2n) is 9.66. The van der Waals surface area contributed by atoms with Gasteiger partial charge in [0.05, 0.1) is 47.9 Å². The average molecular weight is 533 g/mol. The Labute approximate surface area is 222 Å². The number of rotatable bonds is 17. The van der Waals surface area contributed by atoms with E-state index in [9.17, 15) is 10.1 Å². The van der Waals surface area contributed by atoms with E-state index in [0.717, 1.165) is 24.1 Å². The molecule has 0 saturated heterocycles. The van der Waals surface area contributed by atoms with Gasteiger partial charge in [0, 0.05) is 24.3 Å². The van der Waals surface area contributed by atoms with Crippen molar-refractivity contribution in [3.63, 3.8) is 0 Å². The van der Waals surface area contributed by atoms with Gasteiger partial charge < -0.3 is 9.05 Å². The zero-order valence-corrected chi connectivity index (χ0v) is 23.9. The Balaban J connectivity index is 2.23. The Kier molecular flexibility index (Phi) is 13.1. The summed E-state index contributed by atoms with van der Waals surface area (Å²) in [6, 6.07) is 7.43. The van der Waals surface area contributed by atoms with Gasteiger partial charge in [0.15, 0.2) is 0 Å². The number of hydrogen-bond donors (Lipinski definition) is 0. The van der Waals surface area contributed by atoms with Crippen LogP contribution >= 0.6 is 8.53 Å². The van der Waals surface area contributed by atoms with Gasteiger partial charge in [-0.1, -0.05) is 37.5 Å². The molecule has 0 bridgehead atoms. The fourth-order valence-electron chi connectivity index (χ4n) is 4.13. The standard InChI is InChI=1S/C26H41N6O4P/c1-7-8-9-10-12-24-19-30(29-28-24)18-23-13-14-26(32(33)34)25(17-23)22(6)36-37(35-16-11-15-27)31(20(2)3)21(4)5/h13-14,17,19-22H,7-12,16,18H2,1-6H3. The van der Waals surface area contributed by atoms with Crippen molar-refractivity contribution in [3.8, 4) is 6.07 Å². The van der Waals surface area contributed by atoms with Gasteiger partial charge in [0.25, 0.3) is 14.2 Å². The third-order valence-electron chi connectivity index (χ3n) is 5.85. The van der Waals surface area contributed by atoms with E-state index < -0.39 is 14.6 Å². The molecule has 2 aromatic rings. The molecule has 10 nitrogen and oxygen atoms in total. The topological polar surface area (TPSA) is 119 Å². The van der Waals surface area contributed by atoms with Gasteiger partial charge in [-0.15, -0.1) is 5.10 Å². The van der Waals surface area contributed by atoms with Crippen LogP contribution in [-0.2, 0) is 22.0 Å². The number of nitrogens with zero attached hydrogens (tertiary/aromatic N) is 6. The number of aromatic nitrogens is 3. The molecule has 2 unspecified atom stereocenters. The van der Waals surface area contributed by atoms with Gasteiger partial charge in [-0.2, -0.15) is 5.26 Å². The fraction of sp³-hybridized carbons (Fsp3) is 0.654. The van der Waals surface area contributed by atoms with Crippen LogP contribution in [0.15, 0.2) is 24.4 Å².